The predicted octanol–water partition coefficient (Wildman–Crippen LogP) is 3.65. The molecule has 2 N–H and O–H groups in total. The largest absolute Gasteiger partial charge is 0.480 e. The van der Waals surface area contributed by atoms with E-state index in [4.69, 9.17) is 5.26 Å². The number of nitrogens with zero attached hydrogens (tertiary/aromatic N) is 3. The Morgan fingerprint density at radius 2 is 1.94 bits per heavy atom. The second kappa shape index (κ2) is 8.63. The normalized spacial score (nSPS) is 19.4. The molecule has 2 aromatic rings. The molecule has 0 saturated carbocycles. The van der Waals surface area contributed by atoms with Crippen LogP contribution in [0.25, 0.3) is 0 Å². The molecule has 0 saturated heterocycles. The zero-order chi connectivity index (χ0) is 24.6. The number of benzene rings is 2. The van der Waals surface area contributed by atoms with Crippen molar-refractivity contribution >= 4 is 23.6 Å². The topological polar surface area (TPSA) is 114 Å². The van der Waals surface area contributed by atoms with Crippen LogP contribution in [0.2, 0.25) is 0 Å². The van der Waals surface area contributed by atoms with Crippen LogP contribution in [-0.4, -0.2) is 40.0 Å². The quantitative estimate of drug-likeness (QED) is 0.704. The van der Waals surface area contributed by atoms with E-state index in [0.717, 1.165) is 4.90 Å². The van der Waals surface area contributed by atoms with Crippen LogP contribution in [0.5, 0.6) is 0 Å². The summed E-state index contributed by atoms with van der Waals surface area (Å²) in [4.78, 5) is 41.4. The van der Waals surface area contributed by atoms with Gasteiger partial charge in [0.1, 0.15) is 13.2 Å². The lowest BCUT2D eigenvalue weighted by Crippen LogP contribution is -2.59. The van der Waals surface area contributed by atoms with Gasteiger partial charge in [0.15, 0.2) is 0 Å². The number of rotatable bonds is 5. The van der Waals surface area contributed by atoms with E-state index in [1.54, 1.807) is 42.5 Å². The molecule has 0 aromatic heterocycles. The van der Waals surface area contributed by atoms with E-state index in [9.17, 15) is 23.9 Å². The maximum atomic E-state index is 13.8. The molecule has 0 bridgehead atoms. The first-order chi connectivity index (χ1) is 16.1. The number of halogens is 1. The summed E-state index contributed by atoms with van der Waals surface area (Å²) in [6.07, 6.45) is 0.299. The lowest BCUT2D eigenvalue weighted by atomic mass is 9.83. The fraction of sp³-hybridized carbons (Fsp3) is 0.280. The van der Waals surface area contributed by atoms with Crippen molar-refractivity contribution < 1.29 is 23.9 Å². The Hall–Kier alpha value is -4.19. The number of urea groups is 1. The van der Waals surface area contributed by atoms with E-state index >= 15 is 0 Å². The molecule has 174 valence electrons. The third-order valence-corrected chi connectivity index (χ3v) is 5.89. The van der Waals surface area contributed by atoms with E-state index in [-0.39, 0.29) is 5.57 Å². The minimum atomic E-state index is -1.25. The first kappa shape index (κ1) is 23.0. The Balaban J connectivity index is 1.98. The fourth-order valence-corrected chi connectivity index (χ4v) is 4.49. The van der Waals surface area contributed by atoms with Crippen molar-refractivity contribution in [1.29, 1.82) is 5.26 Å². The van der Waals surface area contributed by atoms with E-state index in [2.05, 4.69) is 5.32 Å². The molecule has 4 rings (SSSR count). The number of nitrogens with one attached hydrogen (secondary N) is 1. The molecule has 0 spiro atoms. The smallest absolute Gasteiger partial charge is 0.330 e. The molecule has 0 aliphatic carbocycles. The summed E-state index contributed by atoms with van der Waals surface area (Å²) >= 11 is 0. The van der Waals surface area contributed by atoms with Crippen LogP contribution in [0.3, 0.4) is 0 Å². The van der Waals surface area contributed by atoms with Crippen LogP contribution in [-0.2, 0) is 16.3 Å². The van der Waals surface area contributed by atoms with Crippen LogP contribution in [0.15, 0.2) is 59.8 Å². The summed E-state index contributed by atoms with van der Waals surface area (Å²) in [5.41, 5.74) is 1.62. The van der Waals surface area contributed by atoms with Crippen LogP contribution in [0.1, 0.15) is 43.0 Å². The maximum absolute atomic E-state index is 13.8. The summed E-state index contributed by atoms with van der Waals surface area (Å²) in [5.74, 6) is -1.67. The van der Waals surface area contributed by atoms with Gasteiger partial charge in [-0.15, -0.1) is 0 Å². The summed E-state index contributed by atoms with van der Waals surface area (Å²) in [5, 5.41) is 21.7. The standard InChI is InChI=1S/C25H23FN4O4/c1-25(2)11-19-21(23(33)28-25)22(17-8-6-15(13-27)7-9-17)29(14-20(31)32)24(34)30(19)18-5-3-4-16(10-18)12-26/h3-10,22H,11-12,14H2,1-2H3,(H,28,33)(H,31,32). The molecule has 2 aliphatic rings. The zero-order valence-electron chi connectivity index (χ0n) is 18.7. The number of amides is 3. The second-order valence-electron chi connectivity index (χ2n) is 8.95. The van der Waals surface area contributed by atoms with Gasteiger partial charge in [0.05, 0.1) is 28.9 Å². The van der Waals surface area contributed by atoms with E-state index in [0.29, 0.717) is 34.5 Å². The monoisotopic (exact) mass is 462 g/mol. The third-order valence-electron chi connectivity index (χ3n) is 5.89. The lowest BCUT2D eigenvalue weighted by molar-refractivity contribution is -0.138. The number of aliphatic carboxylic acids is 1. The van der Waals surface area contributed by atoms with Crippen molar-refractivity contribution in [3.63, 3.8) is 0 Å². The second-order valence-corrected chi connectivity index (χ2v) is 8.95. The molecule has 0 radical (unpaired) electrons. The van der Waals surface area contributed by atoms with Crippen molar-refractivity contribution in [3.8, 4) is 6.07 Å². The highest BCUT2D eigenvalue weighted by atomic mass is 19.1. The lowest BCUT2D eigenvalue weighted by Gasteiger charge is -2.47. The van der Waals surface area contributed by atoms with Crippen LogP contribution in [0.4, 0.5) is 14.9 Å². The van der Waals surface area contributed by atoms with Crippen LogP contribution in [0, 0.1) is 11.3 Å². The number of carbonyl (C=O) groups is 3. The Labute approximate surface area is 195 Å². The highest BCUT2D eigenvalue weighted by Crippen LogP contribution is 2.44. The van der Waals surface area contributed by atoms with Crippen LogP contribution >= 0.6 is 0 Å². The molecule has 0 fully saturated rings. The van der Waals surface area contributed by atoms with Crippen molar-refractivity contribution in [2.24, 2.45) is 0 Å². The van der Waals surface area contributed by atoms with Crippen molar-refractivity contribution in [1.82, 2.24) is 10.2 Å². The Bertz CT molecular complexity index is 1250. The molecule has 8 nitrogen and oxygen atoms in total. The molecule has 2 heterocycles. The molecule has 2 aliphatic heterocycles. The molecule has 2 aromatic carbocycles. The van der Waals surface area contributed by atoms with Gasteiger partial charge in [-0.1, -0.05) is 24.3 Å². The summed E-state index contributed by atoms with van der Waals surface area (Å²) in [7, 11) is 0. The number of anilines is 1. The number of nitriles is 1. The molecule has 3 amide bonds. The highest BCUT2D eigenvalue weighted by Gasteiger charge is 2.48. The van der Waals surface area contributed by atoms with E-state index in [1.165, 1.54) is 11.0 Å². The Morgan fingerprint density at radius 3 is 2.56 bits per heavy atom. The number of hydrogen-bond acceptors (Lipinski definition) is 4. The average molecular weight is 462 g/mol. The minimum absolute atomic E-state index is 0.246. The average Bonchev–Trinajstić information content (AvgIpc) is 2.79. The van der Waals surface area contributed by atoms with Gasteiger partial charge in [0, 0.05) is 17.7 Å². The van der Waals surface area contributed by atoms with E-state index < -0.39 is 42.7 Å². The van der Waals surface area contributed by atoms with Gasteiger partial charge < -0.3 is 15.3 Å². The molecule has 1 unspecified atom stereocenters. The van der Waals surface area contributed by atoms with Gasteiger partial charge in [-0.3, -0.25) is 14.5 Å². The third kappa shape index (κ3) is 4.10. The number of carbonyl (C=O) groups excluding carboxylic acids is 2. The first-order valence-electron chi connectivity index (χ1n) is 10.7. The van der Waals surface area contributed by atoms with Gasteiger partial charge >= 0.3 is 12.0 Å². The molecule has 1 atom stereocenters. The maximum Gasteiger partial charge on any atom is 0.330 e. The molecular weight excluding hydrogens is 439 g/mol. The SMILES string of the molecule is CC1(C)CC2=C(C(=O)N1)C(c1ccc(C#N)cc1)N(CC(=O)O)C(=O)N2c1cccc(CF)c1. The van der Waals surface area contributed by atoms with Crippen molar-refractivity contribution in [2.75, 3.05) is 11.4 Å². The Kier molecular flexibility index (Phi) is 5.83. The minimum Gasteiger partial charge on any atom is -0.480 e. The molecule has 34 heavy (non-hydrogen) atoms. The summed E-state index contributed by atoms with van der Waals surface area (Å²) < 4.78 is 13.4. The van der Waals surface area contributed by atoms with Gasteiger partial charge in [-0.25, -0.2) is 9.18 Å². The van der Waals surface area contributed by atoms with Crippen molar-refractivity contribution in [3.05, 3.63) is 76.5 Å². The van der Waals surface area contributed by atoms with E-state index in [1.807, 2.05) is 19.9 Å². The zero-order valence-corrected chi connectivity index (χ0v) is 18.7. The number of carboxylic acids is 1. The predicted molar refractivity (Wildman–Crippen MR) is 121 cm³/mol. The van der Waals surface area contributed by atoms with Gasteiger partial charge in [-0.05, 0) is 49.2 Å². The van der Waals surface area contributed by atoms with Gasteiger partial charge in [0.2, 0.25) is 0 Å². The summed E-state index contributed by atoms with van der Waals surface area (Å²) in [6, 6.07) is 13.1. The van der Waals surface area contributed by atoms with Gasteiger partial charge in [0.25, 0.3) is 5.91 Å². The fourth-order valence-electron chi connectivity index (χ4n) is 4.49. The first-order valence-corrected chi connectivity index (χ1v) is 10.7. The van der Waals surface area contributed by atoms with Crippen molar-refractivity contribution in [2.45, 2.75) is 38.5 Å². The number of hydrogen-bond donors (Lipinski definition) is 2. The Morgan fingerprint density at radius 1 is 1.24 bits per heavy atom. The van der Waals surface area contributed by atoms with Crippen LogP contribution < -0.4 is 10.2 Å². The number of carboxylic acid groups (broad SMARTS) is 1. The summed E-state index contributed by atoms with van der Waals surface area (Å²) in [6.45, 7) is 2.27. The number of alkyl halides is 1. The molecule has 9 heteroatoms. The highest BCUT2D eigenvalue weighted by molar-refractivity contribution is 6.06. The molecular formula is C25H23FN4O4. The van der Waals surface area contributed by atoms with Gasteiger partial charge in [-0.2, -0.15) is 5.26 Å².